The Hall–Kier alpha value is -0.940. The maximum Gasteiger partial charge on any atom is 0.252 e. The van der Waals surface area contributed by atoms with Gasteiger partial charge < -0.3 is 10.4 Å². The summed E-state index contributed by atoms with van der Waals surface area (Å²) in [6.45, 7) is -0.0580. The first kappa shape index (κ1) is 11.5. The first-order chi connectivity index (χ1) is 7.56. The van der Waals surface area contributed by atoms with Crippen LogP contribution in [-0.2, 0) is 0 Å². The first-order valence-electron chi connectivity index (χ1n) is 4.95. The van der Waals surface area contributed by atoms with Crippen molar-refractivity contribution in [1.82, 2.24) is 5.32 Å². The van der Waals surface area contributed by atoms with E-state index in [2.05, 4.69) is 21.2 Å². The Morgan fingerprint density at radius 2 is 2.25 bits per heavy atom. The van der Waals surface area contributed by atoms with E-state index in [4.69, 9.17) is 5.11 Å². The normalized spacial score (nSPS) is 16.9. The Balaban J connectivity index is 2.15. The molecule has 1 saturated carbocycles. The monoisotopic (exact) mass is 287 g/mol. The number of aliphatic hydroxyl groups excluding tert-OH is 1. The summed E-state index contributed by atoms with van der Waals surface area (Å²) in [6.07, 6.45) is 1.57. The Morgan fingerprint density at radius 1 is 1.56 bits per heavy atom. The zero-order valence-corrected chi connectivity index (χ0v) is 10.1. The Kier molecular flexibility index (Phi) is 2.99. The minimum Gasteiger partial charge on any atom is -0.394 e. The zero-order valence-electron chi connectivity index (χ0n) is 8.46. The number of carbonyl (C=O) groups is 1. The van der Waals surface area contributed by atoms with Gasteiger partial charge in [0.25, 0.3) is 5.91 Å². The molecule has 5 heteroatoms. The van der Waals surface area contributed by atoms with Crippen LogP contribution in [0.25, 0.3) is 0 Å². The van der Waals surface area contributed by atoms with Gasteiger partial charge in [-0.3, -0.25) is 4.79 Å². The van der Waals surface area contributed by atoms with E-state index in [0.29, 0.717) is 10.0 Å². The summed E-state index contributed by atoms with van der Waals surface area (Å²) in [5.41, 5.74) is -0.0774. The van der Waals surface area contributed by atoms with E-state index in [1.165, 1.54) is 18.2 Å². The van der Waals surface area contributed by atoms with Crippen LogP contribution in [0.4, 0.5) is 4.39 Å². The second-order valence-corrected chi connectivity index (χ2v) is 4.87. The predicted octanol–water partition coefficient (Wildman–Crippen LogP) is 1.84. The third-order valence-corrected chi connectivity index (χ3v) is 3.37. The van der Waals surface area contributed by atoms with Crippen LogP contribution in [0.5, 0.6) is 0 Å². The lowest BCUT2D eigenvalue weighted by molar-refractivity contribution is 0.0906. The van der Waals surface area contributed by atoms with Gasteiger partial charge in [-0.1, -0.05) is 0 Å². The van der Waals surface area contributed by atoms with Crippen LogP contribution in [0.1, 0.15) is 23.2 Å². The molecule has 16 heavy (non-hydrogen) atoms. The van der Waals surface area contributed by atoms with Crippen molar-refractivity contribution in [2.75, 3.05) is 6.61 Å². The molecule has 86 valence electrons. The number of benzene rings is 1. The highest BCUT2D eigenvalue weighted by Crippen LogP contribution is 2.35. The van der Waals surface area contributed by atoms with Crippen LogP contribution < -0.4 is 5.32 Å². The number of rotatable bonds is 3. The highest BCUT2D eigenvalue weighted by atomic mass is 79.9. The summed E-state index contributed by atoms with van der Waals surface area (Å²) < 4.78 is 13.2. The lowest BCUT2D eigenvalue weighted by Crippen LogP contribution is -2.39. The van der Waals surface area contributed by atoms with E-state index in [9.17, 15) is 9.18 Å². The molecule has 2 rings (SSSR count). The second kappa shape index (κ2) is 4.14. The van der Waals surface area contributed by atoms with Gasteiger partial charge in [-0.25, -0.2) is 4.39 Å². The van der Waals surface area contributed by atoms with Crippen molar-refractivity contribution in [3.05, 3.63) is 34.1 Å². The molecule has 0 atom stereocenters. The minimum atomic E-state index is -0.453. The summed E-state index contributed by atoms with van der Waals surface area (Å²) in [7, 11) is 0. The maximum absolute atomic E-state index is 12.8. The molecular weight excluding hydrogens is 277 g/mol. The van der Waals surface area contributed by atoms with Crippen LogP contribution in [-0.4, -0.2) is 23.2 Å². The molecule has 0 aromatic heterocycles. The molecule has 1 aromatic carbocycles. The summed E-state index contributed by atoms with van der Waals surface area (Å²) in [5, 5.41) is 11.8. The van der Waals surface area contributed by atoms with E-state index in [1.807, 2.05) is 0 Å². The lowest BCUT2D eigenvalue weighted by Gasteiger charge is -2.14. The fourth-order valence-corrected chi connectivity index (χ4v) is 1.99. The number of halogens is 2. The molecule has 1 fully saturated rings. The van der Waals surface area contributed by atoms with E-state index >= 15 is 0 Å². The summed E-state index contributed by atoms with van der Waals surface area (Å²) in [5.74, 6) is -0.690. The van der Waals surface area contributed by atoms with Gasteiger partial charge in [0, 0.05) is 4.47 Å². The first-order valence-corrected chi connectivity index (χ1v) is 5.74. The average molecular weight is 288 g/mol. The number of amides is 1. The van der Waals surface area contributed by atoms with Crippen molar-refractivity contribution < 1.29 is 14.3 Å². The molecule has 1 aliphatic rings. The van der Waals surface area contributed by atoms with Crippen molar-refractivity contribution in [1.29, 1.82) is 0 Å². The van der Waals surface area contributed by atoms with Gasteiger partial charge in [-0.2, -0.15) is 0 Å². The number of carbonyl (C=O) groups excluding carboxylic acids is 1. The van der Waals surface area contributed by atoms with Gasteiger partial charge in [-0.15, -0.1) is 0 Å². The summed E-state index contributed by atoms with van der Waals surface area (Å²) in [4.78, 5) is 11.8. The Labute approximate surface area is 101 Å². The maximum atomic E-state index is 12.8. The van der Waals surface area contributed by atoms with E-state index < -0.39 is 11.4 Å². The molecule has 1 aromatic rings. The SMILES string of the molecule is O=C(NC1(CO)CC1)c1ccc(F)cc1Br. The molecule has 2 N–H and O–H groups in total. The van der Waals surface area contributed by atoms with Crippen molar-refractivity contribution in [2.24, 2.45) is 0 Å². The average Bonchev–Trinajstić information content (AvgIpc) is 2.98. The van der Waals surface area contributed by atoms with Gasteiger partial charge in [0.15, 0.2) is 0 Å². The van der Waals surface area contributed by atoms with Crippen LogP contribution in [0.15, 0.2) is 22.7 Å². The van der Waals surface area contributed by atoms with Crippen molar-refractivity contribution >= 4 is 21.8 Å². The minimum absolute atomic E-state index is 0.0580. The summed E-state index contributed by atoms with van der Waals surface area (Å²) in [6, 6.07) is 3.90. The third-order valence-electron chi connectivity index (χ3n) is 2.71. The molecule has 1 aliphatic carbocycles. The number of hydrogen-bond acceptors (Lipinski definition) is 2. The molecule has 0 aliphatic heterocycles. The summed E-state index contributed by atoms with van der Waals surface area (Å²) >= 11 is 3.13. The standard InChI is InChI=1S/C11H11BrFNO2/c12-9-5-7(13)1-2-8(9)10(16)14-11(6-15)3-4-11/h1-2,5,15H,3-4,6H2,(H,14,16). The van der Waals surface area contributed by atoms with Crippen LogP contribution in [0.2, 0.25) is 0 Å². The number of nitrogens with one attached hydrogen (secondary N) is 1. The second-order valence-electron chi connectivity index (χ2n) is 4.02. The fourth-order valence-electron chi connectivity index (χ4n) is 1.46. The molecular formula is C11H11BrFNO2. The van der Waals surface area contributed by atoms with Gasteiger partial charge in [-0.05, 0) is 47.0 Å². The molecule has 3 nitrogen and oxygen atoms in total. The Morgan fingerprint density at radius 3 is 2.75 bits per heavy atom. The van der Waals surface area contributed by atoms with Gasteiger partial charge in [0.05, 0.1) is 17.7 Å². The van der Waals surface area contributed by atoms with Crippen molar-refractivity contribution in [2.45, 2.75) is 18.4 Å². The van der Waals surface area contributed by atoms with Crippen LogP contribution >= 0.6 is 15.9 Å². The quantitative estimate of drug-likeness (QED) is 0.891. The van der Waals surface area contributed by atoms with Crippen molar-refractivity contribution in [3.63, 3.8) is 0 Å². The topological polar surface area (TPSA) is 49.3 Å². The Bertz CT molecular complexity index is 432. The molecule has 0 heterocycles. The molecule has 0 spiro atoms. The highest BCUT2D eigenvalue weighted by Gasteiger charge is 2.43. The lowest BCUT2D eigenvalue weighted by atomic mass is 10.2. The highest BCUT2D eigenvalue weighted by molar-refractivity contribution is 9.10. The predicted molar refractivity (Wildman–Crippen MR) is 60.6 cm³/mol. The zero-order chi connectivity index (χ0) is 11.8. The molecule has 0 unspecified atom stereocenters. The molecule has 0 saturated heterocycles. The van der Waals surface area contributed by atoms with E-state index in [0.717, 1.165) is 12.8 Å². The van der Waals surface area contributed by atoms with Gasteiger partial charge in [0.1, 0.15) is 5.82 Å². The molecule has 0 radical (unpaired) electrons. The number of aliphatic hydroxyl groups is 1. The van der Waals surface area contributed by atoms with Crippen molar-refractivity contribution in [3.8, 4) is 0 Å². The van der Waals surface area contributed by atoms with Gasteiger partial charge in [0.2, 0.25) is 0 Å². The third kappa shape index (κ3) is 2.25. The number of hydrogen-bond donors (Lipinski definition) is 2. The van der Waals surface area contributed by atoms with E-state index in [-0.39, 0.29) is 12.5 Å². The smallest absolute Gasteiger partial charge is 0.252 e. The molecule has 1 amide bonds. The van der Waals surface area contributed by atoms with Crippen LogP contribution in [0, 0.1) is 5.82 Å². The molecule has 0 bridgehead atoms. The van der Waals surface area contributed by atoms with Crippen LogP contribution in [0.3, 0.4) is 0 Å². The fraction of sp³-hybridized carbons (Fsp3) is 0.364. The largest absolute Gasteiger partial charge is 0.394 e. The van der Waals surface area contributed by atoms with E-state index in [1.54, 1.807) is 0 Å². The van der Waals surface area contributed by atoms with Gasteiger partial charge >= 0.3 is 0 Å².